The first-order valence-corrected chi connectivity index (χ1v) is 14.7. The molecule has 2 saturated carbocycles. The number of carbonyl (C=O) groups excluding carboxylic acids is 1. The van der Waals surface area contributed by atoms with E-state index in [9.17, 15) is 14.4 Å². The first-order valence-electron chi connectivity index (χ1n) is 14.7. The molecule has 2 aromatic rings. The third-order valence-corrected chi connectivity index (χ3v) is 9.82. The number of carbonyl (C=O) groups is 1. The molecular weight excluding hydrogens is 466 g/mol. The fraction of sp³-hybridized carbons (Fsp3) is 0.700. The van der Waals surface area contributed by atoms with Gasteiger partial charge < -0.3 is 4.74 Å². The summed E-state index contributed by atoms with van der Waals surface area (Å²) in [6, 6.07) is 8.54. The molecule has 0 amide bonds. The maximum absolute atomic E-state index is 13.8. The zero-order valence-electron chi connectivity index (χ0n) is 22.1. The average Bonchev–Trinajstić information content (AvgIpc) is 3.05. The van der Waals surface area contributed by atoms with Crippen molar-refractivity contribution in [3.8, 4) is 0 Å². The largest absolute Gasteiger partial charge is 0.465 e. The molecule has 7 heteroatoms. The Labute approximate surface area is 218 Å². The number of nitrogens with zero attached hydrogens (tertiary/aromatic N) is 3. The molecule has 2 aliphatic heterocycles. The molecule has 6 rings (SSSR count). The Balaban J connectivity index is 1.33. The molecule has 4 unspecified atom stereocenters. The summed E-state index contributed by atoms with van der Waals surface area (Å²) in [6.07, 6.45) is 14.9. The number of rotatable bonds is 5. The lowest BCUT2D eigenvalue weighted by Crippen LogP contribution is -2.59. The summed E-state index contributed by atoms with van der Waals surface area (Å²) in [6.45, 7) is 1.84. The van der Waals surface area contributed by atoms with Gasteiger partial charge in [0.05, 0.1) is 17.5 Å². The third kappa shape index (κ3) is 4.68. The number of piperidine rings is 2. The van der Waals surface area contributed by atoms with Gasteiger partial charge in [-0.3, -0.25) is 23.6 Å². The minimum Gasteiger partial charge on any atom is -0.465 e. The molecule has 0 spiro atoms. The van der Waals surface area contributed by atoms with Crippen molar-refractivity contribution in [3.05, 3.63) is 45.1 Å². The van der Waals surface area contributed by atoms with E-state index in [1.165, 1.54) is 60.5 Å². The SMILES string of the molecule is CCOC(=O)Cn1c(=O)n(C2CC3CCCC(C2)N3C2CC3CCCCC(C3)C2)c(=O)c2ccccc21. The fourth-order valence-corrected chi connectivity index (χ4v) is 8.46. The summed E-state index contributed by atoms with van der Waals surface area (Å²) >= 11 is 0. The highest BCUT2D eigenvalue weighted by Gasteiger charge is 2.45. The standard InChI is InChI=1S/C30H41N3O4/c1-2-37-28(34)19-31-27-13-6-5-12-26(27)29(35)33(30(31)36)25-17-22-10-7-11-23(18-25)32(22)24-15-20-8-3-4-9-21(14-20)16-24/h5-6,12-13,20-25H,2-4,7-11,14-19H2,1H3. The minimum atomic E-state index is -0.453. The van der Waals surface area contributed by atoms with Crippen LogP contribution in [0.2, 0.25) is 0 Å². The number of fused-ring (bicyclic) bond motifs is 5. The van der Waals surface area contributed by atoms with Crippen LogP contribution in [0.4, 0.5) is 0 Å². The molecular formula is C30H41N3O4. The van der Waals surface area contributed by atoms with Crippen molar-refractivity contribution in [2.75, 3.05) is 6.61 Å². The Morgan fingerprint density at radius 2 is 1.51 bits per heavy atom. The van der Waals surface area contributed by atoms with E-state index in [0.29, 0.717) is 29.0 Å². The summed E-state index contributed by atoms with van der Waals surface area (Å²) in [4.78, 5) is 42.8. The fourth-order valence-electron chi connectivity index (χ4n) is 8.46. The number of aromatic nitrogens is 2. The van der Waals surface area contributed by atoms with E-state index in [1.807, 2.05) is 6.07 Å². The first kappa shape index (κ1) is 24.9. The molecule has 4 aliphatic rings. The molecule has 3 heterocycles. The molecule has 1 aromatic heterocycles. The predicted molar refractivity (Wildman–Crippen MR) is 144 cm³/mol. The molecule has 37 heavy (non-hydrogen) atoms. The van der Waals surface area contributed by atoms with Crippen LogP contribution < -0.4 is 11.2 Å². The Kier molecular flexibility index (Phi) is 6.99. The van der Waals surface area contributed by atoms with E-state index in [-0.39, 0.29) is 30.4 Å². The van der Waals surface area contributed by atoms with Crippen molar-refractivity contribution in [1.29, 1.82) is 0 Å². The van der Waals surface area contributed by atoms with Gasteiger partial charge >= 0.3 is 11.7 Å². The van der Waals surface area contributed by atoms with E-state index in [1.54, 1.807) is 25.1 Å². The summed E-state index contributed by atoms with van der Waals surface area (Å²) in [7, 11) is 0. The van der Waals surface area contributed by atoms with Crippen LogP contribution in [0.3, 0.4) is 0 Å². The molecule has 2 saturated heterocycles. The van der Waals surface area contributed by atoms with Gasteiger partial charge in [0.1, 0.15) is 6.54 Å². The Hall–Kier alpha value is -2.41. The lowest BCUT2D eigenvalue weighted by Gasteiger charge is -2.54. The third-order valence-electron chi connectivity index (χ3n) is 9.82. The van der Waals surface area contributed by atoms with Gasteiger partial charge in [-0.05, 0) is 75.8 Å². The van der Waals surface area contributed by atoms with Crippen LogP contribution in [-0.4, -0.2) is 44.7 Å². The monoisotopic (exact) mass is 507 g/mol. The van der Waals surface area contributed by atoms with E-state index in [0.717, 1.165) is 37.5 Å². The van der Waals surface area contributed by atoms with Crippen LogP contribution in [-0.2, 0) is 16.1 Å². The zero-order chi connectivity index (χ0) is 25.5. The Morgan fingerprint density at radius 1 is 0.838 bits per heavy atom. The molecule has 0 radical (unpaired) electrons. The molecule has 7 nitrogen and oxygen atoms in total. The quantitative estimate of drug-likeness (QED) is 0.551. The van der Waals surface area contributed by atoms with Gasteiger partial charge in [0, 0.05) is 24.2 Å². The van der Waals surface area contributed by atoms with Gasteiger partial charge in [-0.2, -0.15) is 0 Å². The van der Waals surface area contributed by atoms with Crippen LogP contribution in [0.1, 0.15) is 90.0 Å². The van der Waals surface area contributed by atoms with Gasteiger partial charge in [0.25, 0.3) is 5.56 Å². The van der Waals surface area contributed by atoms with Gasteiger partial charge in [-0.15, -0.1) is 0 Å². The van der Waals surface area contributed by atoms with E-state index in [4.69, 9.17) is 4.74 Å². The molecule has 4 atom stereocenters. The highest BCUT2D eigenvalue weighted by Crippen LogP contribution is 2.46. The smallest absolute Gasteiger partial charge is 0.332 e. The van der Waals surface area contributed by atoms with Crippen LogP contribution in [0.5, 0.6) is 0 Å². The average molecular weight is 508 g/mol. The Bertz CT molecular complexity index is 1240. The minimum absolute atomic E-state index is 0.129. The van der Waals surface area contributed by atoms with Crippen LogP contribution in [0.15, 0.2) is 33.9 Å². The van der Waals surface area contributed by atoms with E-state index < -0.39 is 5.97 Å². The predicted octanol–water partition coefficient (Wildman–Crippen LogP) is 4.64. The van der Waals surface area contributed by atoms with Crippen molar-refractivity contribution in [1.82, 2.24) is 14.0 Å². The van der Waals surface area contributed by atoms with E-state index >= 15 is 0 Å². The van der Waals surface area contributed by atoms with Crippen molar-refractivity contribution >= 4 is 16.9 Å². The summed E-state index contributed by atoms with van der Waals surface area (Å²) < 4.78 is 8.09. The van der Waals surface area contributed by atoms with Crippen LogP contribution in [0, 0.1) is 11.8 Å². The van der Waals surface area contributed by atoms with Crippen molar-refractivity contribution in [2.24, 2.45) is 11.8 Å². The maximum Gasteiger partial charge on any atom is 0.332 e. The Morgan fingerprint density at radius 3 is 2.19 bits per heavy atom. The van der Waals surface area contributed by atoms with E-state index in [2.05, 4.69) is 4.90 Å². The second kappa shape index (κ2) is 10.4. The maximum atomic E-state index is 13.8. The summed E-state index contributed by atoms with van der Waals surface area (Å²) in [5.41, 5.74) is -0.0953. The lowest BCUT2D eigenvalue weighted by atomic mass is 9.73. The first-order chi connectivity index (χ1) is 18.0. The van der Waals surface area contributed by atoms with Crippen molar-refractivity contribution < 1.29 is 9.53 Å². The lowest BCUT2D eigenvalue weighted by molar-refractivity contribution is -0.143. The number of para-hydroxylation sites is 1. The topological polar surface area (TPSA) is 73.5 Å². The second-order valence-electron chi connectivity index (χ2n) is 12.1. The van der Waals surface area contributed by atoms with Crippen LogP contribution >= 0.6 is 0 Å². The molecule has 4 fully saturated rings. The van der Waals surface area contributed by atoms with Crippen LogP contribution in [0.25, 0.3) is 10.9 Å². The molecule has 200 valence electrons. The van der Waals surface area contributed by atoms with Gasteiger partial charge in [0.15, 0.2) is 0 Å². The summed E-state index contributed by atoms with van der Waals surface area (Å²) in [5.74, 6) is 1.30. The number of hydrogen-bond donors (Lipinski definition) is 0. The molecule has 2 aliphatic carbocycles. The molecule has 0 N–H and O–H groups in total. The van der Waals surface area contributed by atoms with Gasteiger partial charge in [-0.25, -0.2) is 4.79 Å². The molecule has 1 aromatic carbocycles. The highest BCUT2D eigenvalue weighted by molar-refractivity contribution is 5.80. The normalized spacial score (nSPS) is 32.1. The van der Waals surface area contributed by atoms with Gasteiger partial charge in [-0.1, -0.05) is 44.2 Å². The van der Waals surface area contributed by atoms with Gasteiger partial charge in [0.2, 0.25) is 0 Å². The highest BCUT2D eigenvalue weighted by atomic mass is 16.5. The number of hydrogen-bond acceptors (Lipinski definition) is 5. The zero-order valence-corrected chi connectivity index (χ0v) is 22.1. The molecule has 4 bridgehead atoms. The number of benzene rings is 1. The van der Waals surface area contributed by atoms with Crippen molar-refractivity contribution in [3.63, 3.8) is 0 Å². The van der Waals surface area contributed by atoms with Crippen molar-refractivity contribution in [2.45, 2.75) is 115 Å². The summed E-state index contributed by atoms with van der Waals surface area (Å²) in [5, 5.41) is 0.496. The number of esters is 1. The number of ether oxygens (including phenoxy) is 1. The second-order valence-corrected chi connectivity index (χ2v) is 12.1.